The molecule has 0 radical (unpaired) electrons. The van der Waals surface area contributed by atoms with Crippen molar-refractivity contribution in [3.05, 3.63) is 48.0 Å². The maximum atomic E-state index is 12.1. The summed E-state index contributed by atoms with van der Waals surface area (Å²) in [6, 6.07) is 11.7. The molecule has 0 unspecified atom stereocenters. The first-order valence-corrected chi connectivity index (χ1v) is 10.7. The summed E-state index contributed by atoms with van der Waals surface area (Å²) in [7, 11) is 0. The number of amides is 1. The quantitative estimate of drug-likeness (QED) is 0.492. The summed E-state index contributed by atoms with van der Waals surface area (Å²) in [5, 5.41) is 2.68. The van der Waals surface area contributed by atoms with E-state index in [1.165, 1.54) is 0 Å². The lowest BCUT2D eigenvalue weighted by atomic mass is 10.1. The topological polar surface area (TPSA) is 100 Å². The van der Waals surface area contributed by atoms with Crippen molar-refractivity contribution < 1.29 is 33.3 Å². The molecule has 1 spiro atoms. The van der Waals surface area contributed by atoms with Crippen molar-refractivity contribution >= 4 is 23.3 Å². The predicted molar refractivity (Wildman–Crippen MR) is 115 cm³/mol. The van der Waals surface area contributed by atoms with E-state index in [9.17, 15) is 14.4 Å². The number of carbonyl (C=O) groups is 3. The summed E-state index contributed by atoms with van der Waals surface area (Å²) in [5.41, 5.74) is 1.11. The molecule has 8 heteroatoms. The zero-order chi connectivity index (χ0) is 22.6. The average molecular weight is 439 g/mol. The highest BCUT2D eigenvalue weighted by Gasteiger charge is 2.44. The van der Waals surface area contributed by atoms with Gasteiger partial charge in [0.25, 0.3) is 11.7 Å². The molecule has 1 N–H and O–H groups in total. The molecule has 2 aromatic rings. The van der Waals surface area contributed by atoms with Gasteiger partial charge in [-0.05, 0) is 49.2 Å². The van der Waals surface area contributed by atoms with Crippen LogP contribution in [0.5, 0.6) is 17.2 Å². The summed E-state index contributed by atoms with van der Waals surface area (Å²) in [5.74, 6) is 0.00833. The number of anilines is 1. The first kappa shape index (κ1) is 21.7. The second-order valence-corrected chi connectivity index (χ2v) is 7.78. The van der Waals surface area contributed by atoms with Gasteiger partial charge in [-0.15, -0.1) is 0 Å². The zero-order valence-corrected chi connectivity index (χ0v) is 17.8. The number of ether oxygens (including phenoxy) is 4. The van der Waals surface area contributed by atoms with E-state index < -0.39 is 24.3 Å². The Bertz CT molecular complexity index is 1010. The van der Waals surface area contributed by atoms with Gasteiger partial charge in [0.05, 0.1) is 0 Å². The van der Waals surface area contributed by atoms with Crippen LogP contribution in [-0.2, 0) is 14.3 Å². The molecule has 4 rings (SSSR count). The van der Waals surface area contributed by atoms with Gasteiger partial charge in [0.2, 0.25) is 0 Å². The zero-order valence-electron chi connectivity index (χ0n) is 17.8. The number of fused-ring (bicyclic) bond motifs is 1. The van der Waals surface area contributed by atoms with Crippen molar-refractivity contribution in [1.29, 1.82) is 0 Å². The fourth-order valence-corrected chi connectivity index (χ4v) is 3.76. The Morgan fingerprint density at radius 1 is 0.969 bits per heavy atom. The van der Waals surface area contributed by atoms with Crippen molar-refractivity contribution in [1.82, 2.24) is 0 Å². The van der Waals surface area contributed by atoms with E-state index in [0.717, 1.165) is 25.7 Å². The van der Waals surface area contributed by atoms with Gasteiger partial charge < -0.3 is 24.3 Å². The molecule has 1 amide bonds. The van der Waals surface area contributed by atoms with Gasteiger partial charge in [0.1, 0.15) is 5.75 Å². The van der Waals surface area contributed by atoms with Gasteiger partial charge >= 0.3 is 5.97 Å². The summed E-state index contributed by atoms with van der Waals surface area (Å²) in [4.78, 5) is 35.6. The van der Waals surface area contributed by atoms with Gasteiger partial charge in [0, 0.05) is 36.6 Å². The number of hydrogen-bond donors (Lipinski definition) is 1. The lowest BCUT2D eigenvalue weighted by Gasteiger charge is -2.21. The number of ketones is 1. The van der Waals surface area contributed by atoms with Crippen LogP contribution in [0.2, 0.25) is 0 Å². The van der Waals surface area contributed by atoms with Gasteiger partial charge in [-0.2, -0.15) is 0 Å². The van der Waals surface area contributed by atoms with Crippen LogP contribution < -0.4 is 19.5 Å². The SMILES string of the molecule is CCC(=O)c1ccc(OCC(=O)OCC(=O)Nc2ccc3c(c2)OC2(CCCC2)O3)cc1. The third-order valence-electron chi connectivity index (χ3n) is 5.40. The fraction of sp³-hybridized carbons (Fsp3) is 0.375. The highest BCUT2D eigenvalue weighted by molar-refractivity contribution is 5.96. The van der Waals surface area contributed by atoms with E-state index in [4.69, 9.17) is 18.9 Å². The third-order valence-corrected chi connectivity index (χ3v) is 5.40. The Labute approximate surface area is 185 Å². The average Bonchev–Trinajstić information content (AvgIpc) is 3.41. The maximum absolute atomic E-state index is 12.1. The van der Waals surface area contributed by atoms with E-state index in [0.29, 0.717) is 34.9 Å². The Hall–Kier alpha value is -3.55. The van der Waals surface area contributed by atoms with E-state index in [2.05, 4.69) is 5.32 Å². The minimum atomic E-state index is -0.678. The molecule has 1 saturated carbocycles. The van der Waals surface area contributed by atoms with Crippen LogP contribution in [0.25, 0.3) is 0 Å². The van der Waals surface area contributed by atoms with Crippen molar-refractivity contribution in [3.8, 4) is 17.2 Å². The van der Waals surface area contributed by atoms with Gasteiger partial charge in [-0.3, -0.25) is 9.59 Å². The van der Waals surface area contributed by atoms with Gasteiger partial charge in [-0.25, -0.2) is 4.79 Å². The number of Topliss-reactive ketones (excluding diaryl/α,β-unsaturated/α-hetero) is 1. The van der Waals surface area contributed by atoms with E-state index in [1.807, 2.05) is 0 Å². The Balaban J connectivity index is 1.21. The number of benzene rings is 2. The molecule has 0 atom stereocenters. The standard InChI is InChI=1S/C24H25NO7/c1-2-19(26)16-5-8-18(9-6-16)29-15-23(28)30-14-22(27)25-17-7-10-20-21(13-17)32-24(31-20)11-3-4-12-24/h5-10,13H,2-4,11-12,14-15H2,1H3,(H,25,27). The molecular weight excluding hydrogens is 414 g/mol. The second-order valence-electron chi connectivity index (χ2n) is 7.78. The summed E-state index contributed by atoms with van der Waals surface area (Å²) >= 11 is 0. The number of carbonyl (C=O) groups excluding carboxylic acids is 3. The van der Waals surface area contributed by atoms with E-state index in [-0.39, 0.29) is 12.4 Å². The van der Waals surface area contributed by atoms with Crippen LogP contribution in [0.4, 0.5) is 5.69 Å². The van der Waals surface area contributed by atoms with Crippen LogP contribution in [0.3, 0.4) is 0 Å². The van der Waals surface area contributed by atoms with Gasteiger partial charge in [0.15, 0.2) is 30.5 Å². The van der Waals surface area contributed by atoms with E-state index in [1.54, 1.807) is 49.4 Å². The molecule has 32 heavy (non-hydrogen) atoms. The molecule has 0 bridgehead atoms. The fourth-order valence-electron chi connectivity index (χ4n) is 3.76. The minimum absolute atomic E-state index is 0.0301. The number of nitrogens with one attached hydrogen (secondary N) is 1. The first-order chi connectivity index (χ1) is 15.5. The summed E-state index contributed by atoms with van der Waals surface area (Å²) in [6.45, 7) is 1.00. The van der Waals surface area contributed by atoms with Crippen LogP contribution in [-0.4, -0.2) is 36.7 Å². The molecule has 2 aliphatic rings. The molecule has 1 aliphatic heterocycles. The second kappa shape index (κ2) is 9.30. The smallest absolute Gasteiger partial charge is 0.344 e. The monoisotopic (exact) mass is 439 g/mol. The van der Waals surface area contributed by atoms with Crippen LogP contribution >= 0.6 is 0 Å². The molecular formula is C24H25NO7. The highest BCUT2D eigenvalue weighted by atomic mass is 16.7. The Kier molecular flexibility index (Phi) is 6.30. The summed E-state index contributed by atoms with van der Waals surface area (Å²) in [6.07, 6.45) is 4.25. The lowest BCUT2D eigenvalue weighted by Crippen LogP contribution is -2.34. The molecule has 8 nitrogen and oxygen atoms in total. The number of rotatable bonds is 8. The van der Waals surface area contributed by atoms with Crippen molar-refractivity contribution in [3.63, 3.8) is 0 Å². The summed E-state index contributed by atoms with van der Waals surface area (Å²) < 4.78 is 22.2. The number of esters is 1. The normalized spacial score (nSPS) is 15.4. The predicted octanol–water partition coefficient (Wildman–Crippen LogP) is 3.88. The maximum Gasteiger partial charge on any atom is 0.344 e. The molecule has 0 aromatic heterocycles. The number of hydrogen-bond acceptors (Lipinski definition) is 7. The van der Waals surface area contributed by atoms with Crippen molar-refractivity contribution in [2.24, 2.45) is 0 Å². The lowest BCUT2D eigenvalue weighted by molar-refractivity contribution is -0.149. The van der Waals surface area contributed by atoms with Crippen LogP contribution in [0, 0.1) is 0 Å². The molecule has 1 fully saturated rings. The largest absolute Gasteiger partial charge is 0.482 e. The Morgan fingerprint density at radius 2 is 1.69 bits per heavy atom. The van der Waals surface area contributed by atoms with Crippen molar-refractivity contribution in [2.45, 2.75) is 44.8 Å². The molecule has 0 saturated heterocycles. The van der Waals surface area contributed by atoms with E-state index >= 15 is 0 Å². The van der Waals surface area contributed by atoms with Crippen LogP contribution in [0.1, 0.15) is 49.4 Å². The van der Waals surface area contributed by atoms with Crippen molar-refractivity contribution in [2.75, 3.05) is 18.5 Å². The van der Waals surface area contributed by atoms with Crippen LogP contribution in [0.15, 0.2) is 42.5 Å². The molecule has 2 aromatic carbocycles. The Morgan fingerprint density at radius 3 is 2.41 bits per heavy atom. The molecule has 168 valence electrons. The highest BCUT2D eigenvalue weighted by Crippen LogP contribution is 2.47. The molecule has 1 heterocycles. The molecule has 1 aliphatic carbocycles. The van der Waals surface area contributed by atoms with Gasteiger partial charge in [-0.1, -0.05) is 6.92 Å². The minimum Gasteiger partial charge on any atom is -0.482 e. The third kappa shape index (κ3) is 5.01. The first-order valence-electron chi connectivity index (χ1n) is 10.7.